The van der Waals surface area contributed by atoms with Crippen molar-refractivity contribution in [3.8, 4) is 0 Å². The second kappa shape index (κ2) is 7.00. The molecule has 0 aliphatic carbocycles. The van der Waals surface area contributed by atoms with Crippen molar-refractivity contribution >= 4 is 38.9 Å². The molecule has 1 atom stereocenters. The number of nitrogens with two attached hydrogens (primary N) is 1. The van der Waals surface area contributed by atoms with Crippen molar-refractivity contribution in [2.24, 2.45) is 5.73 Å². The molecular formula is C14H17BrClN3S. The molecule has 0 spiro atoms. The van der Waals surface area contributed by atoms with Gasteiger partial charge in [-0.15, -0.1) is 11.3 Å². The number of likely N-dealkylation sites (N-methyl/N-ethyl adjacent to an activating group) is 1. The fourth-order valence-electron chi connectivity index (χ4n) is 2.13. The van der Waals surface area contributed by atoms with Crippen molar-refractivity contribution in [3.63, 3.8) is 0 Å². The zero-order chi connectivity index (χ0) is 14.7. The molecule has 1 heterocycles. The molecule has 108 valence electrons. The molecule has 0 aliphatic rings. The Balaban J connectivity index is 2.23. The van der Waals surface area contributed by atoms with Crippen LogP contribution in [0.15, 0.2) is 28.2 Å². The highest BCUT2D eigenvalue weighted by Crippen LogP contribution is 2.30. The maximum atomic E-state index is 6.31. The van der Waals surface area contributed by atoms with Crippen molar-refractivity contribution < 1.29 is 0 Å². The zero-order valence-electron chi connectivity index (χ0n) is 11.4. The Morgan fingerprint density at radius 1 is 1.50 bits per heavy atom. The number of thiazole rings is 1. The van der Waals surface area contributed by atoms with E-state index in [1.807, 2.05) is 30.6 Å². The number of hydrogen-bond donors (Lipinski definition) is 1. The molecule has 0 saturated carbocycles. The highest BCUT2D eigenvalue weighted by atomic mass is 79.9. The number of aryl methyl sites for hydroxylation is 1. The molecular weight excluding hydrogens is 358 g/mol. The minimum absolute atomic E-state index is 0.0847. The molecule has 1 aromatic carbocycles. The summed E-state index contributed by atoms with van der Waals surface area (Å²) in [6.45, 7) is 3.37. The van der Waals surface area contributed by atoms with E-state index in [1.165, 1.54) is 4.88 Å². The monoisotopic (exact) mass is 373 g/mol. The Hall–Kier alpha value is -0.460. The van der Waals surface area contributed by atoms with Crippen molar-refractivity contribution in [2.45, 2.75) is 19.5 Å². The zero-order valence-corrected chi connectivity index (χ0v) is 14.6. The second-order valence-corrected chi connectivity index (χ2v) is 6.96. The lowest BCUT2D eigenvalue weighted by atomic mass is 10.1. The topological polar surface area (TPSA) is 42.2 Å². The summed E-state index contributed by atoms with van der Waals surface area (Å²) in [4.78, 5) is 7.76. The molecule has 1 unspecified atom stereocenters. The Labute approximate surface area is 136 Å². The number of rotatable bonds is 5. The van der Waals surface area contributed by atoms with Gasteiger partial charge in [0.1, 0.15) is 0 Å². The summed E-state index contributed by atoms with van der Waals surface area (Å²) in [5.41, 5.74) is 9.97. The molecule has 2 N–H and O–H groups in total. The minimum Gasteiger partial charge on any atom is -0.329 e. The fourth-order valence-corrected chi connectivity index (χ4v) is 3.59. The lowest BCUT2D eigenvalue weighted by Gasteiger charge is -2.28. The predicted octanol–water partition coefficient (Wildman–Crippen LogP) is 4.00. The first kappa shape index (κ1) is 15.9. The number of nitrogens with zero attached hydrogens (tertiary/aromatic N) is 2. The number of aromatic nitrogens is 1. The molecule has 20 heavy (non-hydrogen) atoms. The normalized spacial score (nSPS) is 12.9. The Bertz CT molecular complexity index is 588. The van der Waals surface area contributed by atoms with Gasteiger partial charge in [0.15, 0.2) is 0 Å². The van der Waals surface area contributed by atoms with Gasteiger partial charge < -0.3 is 5.73 Å². The Morgan fingerprint density at radius 2 is 2.25 bits per heavy atom. The summed E-state index contributed by atoms with van der Waals surface area (Å²) < 4.78 is 1.01. The third kappa shape index (κ3) is 3.59. The van der Waals surface area contributed by atoms with Gasteiger partial charge in [0.05, 0.1) is 11.2 Å². The van der Waals surface area contributed by atoms with Gasteiger partial charge in [-0.1, -0.05) is 27.5 Å². The lowest BCUT2D eigenvalue weighted by molar-refractivity contribution is 0.243. The van der Waals surface area contributed by atoms with E-state index in [9.17, 15) is 0 Å². The molecule has 3 nitrogen and oxygen atoms in total. The van der Waals surface area contributed by atoms with Crippen LogP contribution in [0.25, 0.3) is 0 Å². The average Bonchev–Trinajstić information content (AvgIpc) is 2.80. The molecule has 0 radical (unpaired) electrons. The molecule has 0 amide bonds. The van der Waals surface area contributed by atoms with Crippen LogP contribution in [0.4, 0.5) is 0 Å². The van der Waals surface area contributed by atoms with E-state index in [4.69, 9.17) is 17.3 Å². The first-order chi connectivity index (χ1) is 9.52. The lowest BCUT2D eigenvalue weighted by Crippen LogP contribution is -2.30. The van der Waals surface area contributed by atoms with Gasteiger partial charge in [-0.2, -0.15) is 0 Å². The van der Waals surface area contributed by atoms with E-state index < -0.39 is 0 Å². The van der Waals surface area contributed by atoms with Crippen molar-refractivity contribution in [1.29, 1.82) is 0 Å². The van der Waals surface area contributed by atoms with Crippen LogP contribution >= 0.6 is 38.9 Å². The number of halogens is 2. The minimum atomic E-state index is 0.0847. The third-order valence-corrected chi connectivity index (χ3v) is 5.07. The third-order valence-electron chi connectivity index (χ3n) is 3.31. The number of benzene rings is 1. The van der Waals surface area contributed by atoms with Crippen molar-refractivity contribution in [3.05, 3.63) is 49.3 Å². The SMILES string of the molecule is Cc1ncsc1CN(C)C(CN)c1cc(Br)ccc1Cl. The van der Waals surface area contributed by atoms with Crippen LogP contribution in [0.3, 0.4) is 0 Å². The molecule has 0 bridgehead atoms. The van der Waals surface area contributed by atoms with E-state index >= 15 is 0 Å². The van der Waals surface area contributed by atoms with Gasteiger partial charge in [-0.25, -0.2) is 4.98 Å². The summed E-state index contributed by atoms with van der Waals surface area (Å²) in [5.74, 6) is 0. The van der Waals surface area contributed by atoms with Gasteiger partial charge in [0.2, 0.25) is 0 Å². The first-order valence-electron chi connectivity index (χ1n) is 6.27. The molecule has 6 heteroatoms. The molecule has 0 saturated heterocycles. The molecule has 1 aromatic heterocycles. The molecule has 0 aliphatic heterocycles. The van der Waals surface area contributed by atoms with Gasteiger partial charge >= 0.3 is 0 Å². The molecule has 2 aromatic rings. The van der Waals surface area contributed by atoms with E-state index in [2.05, 4.69) is 32.9 Å². The van der Waals surface area contributed by atoms with Gasteiger partial charge in [0.25, 0.3) is 0 Å². The standard InChI is InChI=1S/C14H17BrClN3S/c1-9-14(20-8-18-9)7-19(2)13(6-17)11-5-10(15)3-4-12(11)16/h3-5,8,13H,6-7,17H2,1-2H3. The first-order valence-corrected chi connectivity index (χ1v) is 8.32. The van der Waals surface area contributed by atoms with Gasteiger partial charge in [-0.3, -0.25) is 4.90 Å². The Morgan fingerprint density at radius 3 is 2.85 bits per heavy atom. The van der Waals surface area contributed by atoms with Crippen LogP contribution in [0.5, 0.6) is 0 Å². The van der Waals surface area contributed by atoms with Gasteiger partial charge in [0, 0.05) is 33.5 Å². The average molecular weight is 375 g/mol. The quantitative estimate of drug-likeness (QED) is 0.860. The highest BCUT2D eigenvalue weighted by molar-refractivity contribution is 9.10. The van der Waals surface area contributed by atoms with Crippen LogP contribution in [0.2, 0.25) is 5.02 Å². The van der Waals surface area contributed by atoms with E-state index in [0.29, 0.717) is 6.54 Å². The van der Waals surface area contributed by atoms with Crippen LogP contribution in [-0.2, 0) is 6.54 Å². The summed E-state index contributed by atoms with van der Waals surface area (Å²) in [7, 11) is 2.06. The second-order valence-electron chi connectivity index (χ2n) is 4.69. The van der Waals surface area contributed by atoms with Crippen LogP contribution < -0.4 is 5.73 Å². The number of hydrogen-bond acceptors (Lipinski definition) is 4. The summed E-state index contributed by atoms with van der Waals surface area (Å²) >= 11 is 11.5. The maximum absolute atomic E-state index is 6.31. The largest absolute Gasteiger partial charge is 0.329 e. The molecule has 2 rings (SSSR count). The molecule has 0 fully saturated rings. The van der Waals surface area contributed by atoms with E-state index in [1.54, 1.807) is 11.3 Å². The van der Waals surface area contributed by atoms with Crippen molar-refractivity contribution in [2.75, 3.05) is 13.6 Å². The van der Waals surface area contributed by atoms with Gasteiger partial charge in [-0.05, 0) is 37.7 Å². The van der Waals surface area contributed by atoms with E-state index in [-0.39, 0.29) is 6.04 Å². The van der Waals surface area contributed by atoms with Crippen molar-refractivity contribution in [1.82, 2.24) is 9.88 Å². The van der Waals surface area contributed by atoms with E-state index in [0.717, 1.165) is 27.3 Å². The summed E-state index contributed by atoms with van der Waals surface area (Å²) in [5, 5.41) is 0.747. The maximum Gasteiger partial charge on any atom is 0.0798 e. The van der Waals surface area contributed by atoms with Crippen LogP contribution in [0, 0.1) is 6.92 Å². The highest BCUT2D eigenvalue weighted by Gasteiger charge is 2.19. The summed E-state index contributed by atoms with van der Waals surface area (Å²) in [6, 6.07) is 5.96. The van der Waals surface area contributed by atoms with Crippen LogP contribution in [0.1, 0.15) is 22.2 Å². The predicted molar refractivity (Wildman–Crippen MR) is 89.3 cm³/mol. The fraction of sp³-hybridized carbons (Fsp3) is 0.357. The summed E-state index contributed by atoms with van der Waals surface area (Å²) in [6.07, 6.45) is 0. The van der Waals surface area contributed by atoms with Crippen LogP contribution in [-0.4, -0.2) is 23.5 Å². The Kier molecular flexibility index (Phi) is 5.57. The smallest absolute Gasteiger partial charge is 0.0798 e.